The lowest BCUT2D eigenvalue weighted by Crippen LogP contribution is -2.25. The Balaban J connectivity index is 0. The number of rotatable bonds is 18. The van der Waals surface area contributed by atoms with Gasteiger partial charge in [0.05, 0.1) is 0 Å². The van der Waals surface area contributed by atoms with Crippen molar-refractivity contribution in [2.45, 2.75) is 92.3 Å². The molecule has 0 aliphatic rings. The Morgan fingerprint density at radius 3 is 1.26 bits per heavy atom. The summed E-state index contributed by atoms with van der Waals surface area (Å²) in [5.74, 6) is 0. The van der Waals surface area contributed by atoms with Crippen molar-refractivity contribution in [3.8, 4) is 0 Å². The molecule has 0 unspecified atom stereocenters. The normalized spacial score (nSPS) is 9.95. The molecular formula is C31H52Cl2N2O4. The van der Waals surface area contributed by atoms with Crippen molar-refractivity contribution in [1.82, 2.24) is 0 Å². The third-order valence-electron chi connectivity index (χ3n) is 6.39. The predicted molar refractivity (Wildman–Crippen MR) is 170 cm³/mol. The minimum Gasteiger partial charge on any atom is -0.429 e. The molecule has 0 bridgehead atoms. The summed E-state index contributed by atoms with van der Waals surface area (Å²) in [5.41, 5.74) is 4.34. The van der Waals surface area contributed by atoms with Crippen LogP contribution in [0, 0.1) is 0 Å². The first kappa shape index (κ1) is 39.0. The lowest BCUT2D eigenvalue weighted by Gasteiger charge is -2.25. The number of unbranched alkanes of at least 4 members (excludes halogenated alkanes) is 4. The number of ether oxygens (including phenoxy) is 2. The number of anilines is 2. The van der Waals surface area contributed by atoms with Gasteiger partial charge in [0.15, 0.2) is 0 Å². The molecule has 0 saturated heterocycles. The van der Waals surface area contributed by atoms with Crippen molar-refractivity contribution < 1.29 is 19.7 Å². The number of nitrogens with zero attached hydrogens (tertiary/aromatic N) is 2. The number of carbonyl (C=O) groups excluding carboxylic acids is 1. The second-order valence-corrected chi connectivity index (χ2v) is 9.56. The summed E-state index contributed by atoms with van der Waals surface area (Å²) in [4.78, 5) is 17.2. The first-order valence-corrected chi connectivity index (χ1v) is 14.1. The van der Waals surface area contributed by atoms with E-state index in [0.717, 1.165) is 37.3 Å². The monoisotopic (exact) mass is 586 g/mol. The molecule has 0 spiro atoms. The average molecular weight is 588 g/mol. The summed E-state index contributed by atoms with van der Waals surface area (Å²) < 4.78 is 10.9. The van der Waals surface area contributed by atoms with Crippen molar-refractivity contribution in [3.63, 3.8) is 0 Å². The van der Waals surface area contributed by atoms with Crippen LogP contribution in [0.4, 0.5) is 16.2 Å². The van der Waals surface area contributed by atoms with E-state index in [4.69, 9.17) is 9.47 Å². The molecule has 0 aromatic heterocycles. The van der Waals surface area contributed by atoms with Gasteiger partial charge in [-0.25, -0.2) is 4.79 Å². The number of hydrogen-bond donors (Lipinski definition) is 0. The van der Waals surface area contributed by atoms with Gasteiger partial charge in [0.1, 0.15) is 13.2 Å². The molecule has 0 aliphatic carbocycles. The van der Waals surface area contributed by atoms with Crippen LogP contribution >= 0.6 is 24.8 Å². The summed E-state index contributed by atoms with van der Waals surface area (Å²) in [5, 5.41) is 0. The van der Waals surface area contributed by atoms with Crippen molar-refractivity contribution in [3.05, 3.63) is 59.7 Å². The topological polar surface area (TPSA) is 73.5 Å². The van der Waals surface area contributed by atoms with Gasteiger partial charge in [-0.3, -0.25) is 0 Å². The van der Waals surface area contributed by atoms with E-state index in [1.165, 1.54) is 62.7 Å². The zero-order valence-corrected chi connectivity index (χ0v) is 26.1. The van der Waals surface area contributed by atoms with Crippen LogP contribution in [0.25, 0.3) is 0 Å². The standard InChI is InChI=1S/C31H48N2O3.2ClH.H2O/c1-5-9-19-32(20-10-6-2)29-17-13-15-27(23-29)25-35-31(34)36-26-28-16-14-18-30(24-28)33(21-11-7-3)22-12-8-4;;;/h13-18,23-24H,5-12,19-22,25-26H2,1-4H3;2*1H;1H2. The number of halogens is 2. The molecule has 224 valence electrons. The zero-order valence-electron chi connectivity index (χ0n) is 24.5. The fourth-order valence-electron chi connectivity index (χ4n) is 4.15. The molecular weight excluding hydrogens is 535 g/mol. The zero-order chi connectivity index (χ0) is 26.0. The first-order chi connectivity index (χ1) is 17.6. The molecule has 0 atom stereocenters. The van der Waals surface area contributed by atoms with Crippen molar-refractivity contribution >= 4 is 42.3 Å². The van der Waals surface area contributed by atoms with E-state index in [0.29, 0.717) is 0 Å². The van der Waals surface area contributed by atoms with Gasteiger partial charge in [0, 0.05) is 37.6 Å². The van der Waals surface area contributed by atoms with Gasteiger partial charge in [0.2, 0.25) is 0 Å². The number of benzene rings is 2. The average Bonchev–Trinajstić information content (AvgIpc) is 2.91. The van der Waals surface area contributed by atoms with Gasteiger partial charge in [-0.15, -0.1) is 24.8 Å². The van der Waals surface area contributed by atoms with Crippen LogP contribution in [-0.4, -0.2) is 37.8 Å². The maximum absolute atomic E-state index is 12.3. The molecule has 6 nitrogen and oxygen atoms in total. The van der Waals surface area contributed by atoms with Crippen molar-refractivity contribution in [2.75, 3.05) is 36.0 Å². The summed E-state index contributed by atoms with van der Waals surface area (Å²) in [6.07, 6.45) is 8.77. The Bertz CT molecular complexity index is 800. The van der Waals surface area contributed by atoms with E-state index in [2.05, 4.69) is 61.8 Å². The molecule has 0 heterocycles. The van der Waals surface area contributed by atoms with Gasteiger partial charge < -0.3 is 24.7 Å². The Morgan fingerprint density at radius 1 is 0.615 bits per heavy atom. The largest absolute Gasteiger partial charge is 0.508 e. The maximum atomic E-state index is 12.3. The molecule has 2 rings (SSSR count). The van der Waals surface area contributed by atoms with Crippen LogP contribution in [0.3, 0.4) is 0 Å². The van der Waals surface area contributed by atoms with E-state index in [1.807, 2.05) is 24.3 Å². The maximum Gasteiger partial charge on any atom is 0.508 e. The van der Waals surface area contributed by atoms with Crippen molar-refractivity contribution in [2.24, 2.45) is 0 Å². The number of carbonyl (C=O) groups is 1. The van der Waals surface area contributed by atoms with Gasteiger partial charge in [0.25, 0.3) is 0 Å². The van der Waals surface area contributed by atoms with Gasteiger partial charge in [-0.1, -0.05) is 77.6 Å². The Hall–Kier alpha value is -2.15. The second kappa shape index (κ2) is 23.7. The summed E-state index contributed by atoms with van der Waals surface area (Å²) in [6, 6.07) is 16.6. The van der Waals surface area contributed by atoms with E-state index >= 15 is 0 Å². The first-order valence-electron chi connectivity index (χ1n) is 14.1. The molecule has 2 N–H and O–H groups in total. The van der Waals surface area contributed by atoms with E-state index < -0.39 is 6.16 Å². The molecule has 0 aliphatic heterocycles. The molecule has 8 heteroatoms. The van der Waals surface area contributed by atoms with Crippen LogP contribution in [0.2, 0.25) is 0 Å². The molecule has 0 saturated carbocycles. The SMILES string of the molecule is CCCCN(CCCC)c1cccc(COC(=O)OCc2cccc(N(CCCC)CCCC)c2)c1.Cl.Cl.O. The second-order valence-electron chi connectivity index (χ2n) is 9.56. The van der Waals surface area contributed by atoms with Crippen molar-refractivity contribution in [1.29, 1.82) is 0 Å². The molecule has 0 amide bonds. The molecule has 2 aromatic carbocycles. The highest BCUT2D eigenvalue weighted by atomic mass is 35.5. The highest BCUT2D eigenvalue weighted by Crippen LogP contribution is 2.20. The summed E-state index contributed by atoms with van der Waals surface area (Å²) in [6.45, 7) is 13.5. The third kappa shape index (κ3) is 15.3. The highest BCUT2D eigenvalue weighted by Gasteiger charge is 2.11. The van der Waals surface area contributed by atoms with Gasteiger partial charge in [-0.2, -0.15) is 0 Å². The lowest BCUT2D eigenvalue weighted by atomic mass is 10.1. The predicted octanol–water partition coefficient (Wildman–Crippen LogP) is 8.37. The molecule has 0 fully saturated rings. The fourth-order valence-corrected chi connectivity index (χ4v) is 4.15. The lowest BCUT2D eigenvalue weighted by molar-refractivity contribution is 0.0446. The Kier molecular flexibility index (Phi) is 23.7. The Labute approximate surface area is 249 Å². The van der Waals surface area contributed by atoms with E-state index in [9.17, 15) is 4.79 Å². The van der Waals surface area contributed by atoms with Crippen LogP contribution in [-0.2, 0) is 22.7 Å². The highest BCUT2D eigenvalue weighted by molar-refractivity contribution is 5.85. The third-order valence-corrected chi connectivity index (χ3v) is 6.39. The van der Waals surface area contributed by atoms with E-state index in [-0.39, 0.29) is 43.5 Å². The Morgan fingerprint density at radius 2 is 0.949 bits per heavy atom. The summed E-state index contributed by atoms with van der Waals surface area (Å²) in [7, 11) is 0. The van der Waals surface area contributed by atoms with Gasteiger partial charge in [-0.05, 0) is 61.1 Å². The smallest absolute Gasteiger partial charge is 0.429 e. The van der Waals surface area contributed by atoms with E-state index in [1.54, 1.807) is 0 Å². The molecule has 0 radical (unpaired) electrons. The van der Waals surface area contributed by atoms with Crippen LogP contribution in [0.5, 0.6) is 0 Å². The number of hydrogen-bond acceptors (Lipinski definition) is 5. The summed E-state index contributed by atoms with van der Waals surface area (Å²) >= 11 is 0. The minimum absolute atomic E-state index is 0. The fraction of sp³-hybridized carbons (Fsp3) is 0.581. The minimum atomic E-state index is -0.631. The van der Waals surface area contributed by atoms with Crippen LogP contribution in [0.15, 0.2) is 48.5 Å². The molecule has 2 aromatic rings. The van der Waals surface area contributed by atoms with Crippen LogP contribution in [0.1, 0.15) is 90.2 Å². The van der Waals surface area contributed by atoms with Crippen LogP contribution < -0.4 is 9.80 Å². The quantitative estimate of drug-likeness (QED) is 0.164. The van der Waals surface area contributed by atoms with Gasteiger partial charge >= 0.3 is 6.16 Å². The molecule has 39 heavy (non-hydrogen) atoms.